The van der Waals surface area contributed by atoms with Gasteiger partial charge >= 0.3 is 0 Å². The molecule has 66 valence electrons. The fraction of sp³-hybridized carbons (Fsp3) is 0.889. The number of hydrogen-bond acceptors (Lipinski definition) is 2. The summed E-state index contributed by atoms with van der Waals surface area (Å²) in [6.45, 7) is 2.11. The van der Waals surface area contributed by atoms with Crippen LogP contribution in [0.4, 0.5) is 0 Å². The molecule has 2 heteroatoms. The minimum Gasteiger partial charge on any atom is -0.393 e. The van der Waals surface area contributed by atoms with Crippen LogP contribution >= 0.6 is 0 Å². The van der Waals surface area contributed by atoms with Gasteiger partial charge in [-0.3, -0.25) is 0 Å². The Morgan fingerprint density at radius 2 is 2.00 bits per heavy atom. The van der Waals surface area contributed by atoms with Crippen LogP contribution in [0.3, 0.4) is 0 Å². The maximum Gasteiger partial charge on any atom is 0.119 e. The van der Waals surface area contributed by atoms with E-state index in [0.717, 1.165) is 38.4 Å². The van der Waals surface area contributed by atoms with Crippen molar-refractivity contribution in [3.8, 4) is 0 Å². The number of hydrogen-bond donors (Lipinski definition) is 1. The van der Waals surface area contributed by atoms with Crippen LogP contribution in [0, 0.1) is 0 Å². The predicted molar refractivity (Wildman–Crippen MR) is 45.4 cm³/mol. The highest BCUT2D eigenvalue weighted by Gasteiger charge is 2.01. The molecule has 0 aromatic carbocycles. The first-order chi connectivity index (χ1) is 5.31. The lowest BCUT2D eigenvalue weighted by Gasteiger charge is -2.07. The van der Waals surface area contributed by atoms with Crippen molar-refractivity contribution in [3.05, 3.63) is 0 Å². The van der Waals surface area contributed by atoms with Gasteiger partial charge in [0, 0.05) is 6.42 Å². The SMILES string of the molecule is CCCCC(O)CCCC=O. The first-order valence-corrected chi connectivity index (χ1v) is 4.43. The van der Waals surface area contributed by atoms with Gasteiger partial charge in [-0.05, 0) is 19.3 Å². The number of rotatable bonds is 7. The number of carbonyl (C=O) groups excluding carboxylic acids is 1. The van der Waals surface area contributed by atoms with E-state index in [1.54, 1.807) is 0 Å². The molecule has 2 nitrogen and oxygen atoms in total. The van der Waals surface area contributed by atoms with Gasteiger partial charge in [-0.2, -0.15) is 0 Å². The molecule has 0 radical (unpaired) electrons. The molecule has 0 aliphatic heterocycles. The number of aliphatic hydroxyl groups excluding tert-OH is 1. The molecule has 0 spiro atoms. The highest BCUT2D eigenvalue weighted by molar-refractivity contribution is 5.48. The molecule has 0 aromatic heterocycles. The van der Waals surface area contributed by atoms with Gasteiger partial charge in [0.2, 0.25) is 0 Å². The Labute approximate surface area is 68.6 Å². The zero-order valence-corrected chi connectivity index (χ0v) is 7.25. The molecule has 0 fully saturated rings. The Hall–Kier alpha value is -0.370. The second kappa shape index (κ2) is 7.73. The van der Waals surface area contributed by atoms with Gasteiger partial charge in [0.05, 0.1) is 6.10 Å². The van der Waals surface area contributed by atoms with Crippen molar-refractivity contribution in [2.75, 3.05) is 0 Å². The van der Waals surface area contributed by atoms with E-state index in [4.69, 9.17) is 0 Å². The number of aliphatic hydroxyl groups is 1. The maximum absolute atomic E-state index is 9.92. The highest BCUT2D eigenvalue weighted by Crippen LogP contribution is 2.06. The second-order valence-electron chi connectivity index (χ2n) is 2.89. The molecule has 0 aliphatic rings. The Morgan fingerprint density at radius 1 is 1.36 bits per heavy atom. The summed E-state index contributed by atoms with van der Waals surface area (Å²) in [5.41, 5.74) is 0. The summed E-state index contributed by atoms with van der Waals surface area (Å²) in [6.07, 6.45) is 6.01. The smallest absolute Gasteiger partial charge is 0.119 e. The first kappa shape index (κ1) is 10.6. The molecule has 1 unspecified atom stereocenters. The molecule has 0 aliphatic carbocycles. The minimum atomic E-state index is -0.185. The average molecular weight is 158 g/mol. The molecule has 0 amide bonds. The van der Waals surface area contributed by atoms with Crippen molar-refractivity contribution in [3.63, 3.8) is 0 Å². The highest BCUT2D eigenvalue weighted by atomic mass is 16.3. The summed E-state index contributed by atoms with van der Waals surface area (Å²) in [5, 5.41) is 9.29. The second-order valence-corrected chi connectivity index (χ2v) is 2.89. The van der Waals surface area contributed by atoms with Gasteiger partial charge in [-0.25, -0.2) is 0 Å². The van der Waals surface area contributed by atoms with Crippen LogP contribution in [0.1, 0.15) is 45.4 Å². The topological polar surface area (TPSA) is 37.3 Å². The summed E-state index contributed by atoms with van der Waals surface area (Å²) in [7, 11) is 0. The molecular formula is C9H18O2. The molecule has 1 atom stereocenters. The predicted octanol–water partition coefficient (Wildman–Crippen LogP) is 1.91. The van der Waals surface area contributed by atoms with E-state index in [9.17, 15) is 9.90 Å². The largest absolute Gasteiger partial charge is 0.393 e. The normalized spacial score (nSPS) is 12.9. The zero-order valence-electron chi connectivity index (χ0n) is 7.25. The Balaban J connectivity index is 3.08. The van der Waals surface area contributed by atoms with E-state index in [0.29, 0.717) is 6.42 Å². The van der Waals surface area contributed by atoms with Crippen molar-refractivity contribution in [1.82, 2.24) is 0 Å². The third kappa shape index (κ3) is 7.53. The third-order valence-corrected chi connectivity index (χ3v) is 1.75. The standard InChI is InChI=1S/C9H18O2/c1-2-3-6-9(11)7-4-5-8-10/h8-9,11H,2-7H2,1H3. The van der Waals surface area contributed by atoms with Crippen LogP contribution in [0.2, 0.25) is 0 Å². The molecule has 0 saturated carbocycles. The Kier molecular flexibility index (Phi) is 7.47. The van der Waals surface area contributed by atoms with E-state index in [-0.39, 0.29) is 6.10 Å². The van der Waals surface area contributed by atoms with Crippen LogP contribution in [0.5, 0.6) is 0 Å². The van der Waals surface area contributed by atoms with Crippen LogP contribution in [0.15, 0.2) is 0 Å². The molecule has 0 bridgehead atoms. The molecule has 11 heavy (non-hydrogen) atoms. The average Bonchev–Trinajstić information content (AvgIpc) is 2.01. The van der Waals surface area contributed by atoms with Gasteiger partial charge < -0.3 is 9.90 Å². The third-order valence-electron chi connectivity index (χ3n) is 1.75. The lowest BCUT2D eigenvalue weighted by atomic mass is 10.1. The zero-order chi connectivity index (χ0) is 8.53. The fourth-order valence-corrected chi connectivity index (χ4v) is 1.02. The van der Waals surface area contributed by atoms with Crippen molar-refractivity contribution >= 4 is 6.29 Å². The van der Waals surface area contributed by atoms with Crippen molar-refractivity contribution in [2.45, 2.75) is 51.6 Å². The number of unbranched alkanes of at least 4 members (excludes halogenated alkanes) is 2. The molecule has 0 aromatic rings. The van der Waals surface area contributed by atoms with Crippen LogP contribution < -0.4 is 0 Å². The molecule has 0 saturated heterocycles. The maximum atomic E-state index is 9.92. The van der Waals surface area contributed by atoms with E-state index >= 15 is 0 Å². The number of carbonyl (C=O) groups is 1. The Morgan fingerprint density at radius 3 is 2.55 bits per heavy atom. The summed E-state index contributed by atoms with van der Waals surface area (Å²) in [6, 6.07) is 0. The molecule has 0 rings (SSSR count). The molecule has 0 heterocycles. The van der Waals surface area contributed by atoms with E-state index < -0.39 is 0 Å². The first-order valence-electron chi connectivity index (χ1n) is 4.43. The summed E-state index contributed by atoms with van der Waals surface area (Å²) in [5.74, 6) is 0. The van der Waals surface area contributed by atoms with Crippen LogP contribution in [-0.4, -0.2) is 17.5 Å². The quantitative estimate of drug-likeness (QED) is 0.454. The fourth-order valence-electron chi connectivity index (χ4n) is 1.02. The summed E-state index contributed by atoms with van der Waals surface area (Å²) >= 11 is 0. The van der Waals surface area contributed by atoms with Gasteiger partial charge in [0.1, 0.15) is 6.29 Å². The van der Waals surface area contributed by atoms with Crippen molar-refractivity contribution in [2.24, 2.45) is 0 Å². The lowest BCUT2D eigenvalue weighted by molar-refractivity contribution is -0.108. The van der Waals surface area contributed by atoms with Crippen molar-refractivity contribution in [1.29, 1.82) is 0 Å². The van der Waals surface area contributed by atoms with Gasteiger partial charge in [0.25, 0.3) is 0 Å². The van der Waals surface area contributed by atoms with Crippen LogP contribution in [0.25, 0.3) is 0 Å². The summed E-state index contributed by atoms with van der Waals surface area (Å²) < 4.78 is 0. The molecular weight excluding hydrogens is 140 g/mol. The lowest BCUT2D eigenvalue weighted by Crippen LogP contribution is -2.05. The van der Waals surface area contributed by atoms with Gasteiger partial charge in [0.15, 0.2) is 0 Å². The van der Waals surface area contributed by atoms with Gasteiger partial charge in [-0.1, -0.05) is 19.8 Å². The van der Waals surface area contributed by atoms with E-state index in [1.165, 1.54) is 0 Å². The van der Waals surface area contributed by atoms with Crippen molar-refractivity contribution < 1.29 is 9.90 Å². The van der Waals surface area contributed by atoms with Crippen LogP contribution in [-0.2, 0) is 4.79 Å². The Bertz CT molecular complexity index is 91.6. The molecule has 1 N–H and O–H groups in total. The van der Waals surface area contributed by atoms with Gasteiger partial charge in [-0.15, -0.1) is 0 Å². The monoisotopic (exact) mass is 158 g/mol. The minimum absolute atomic E-state index is 0.185. The number of aldehydes is 1. The summed E-state index contributed by atoms with van der Waals surface area (Å²) in [4.78, 5) is 9.92. The van der Waals surface area contributed by atoms with E-state index in [1.807, 2.05) is 0 Å². The van der Waals surface area contributed by atoms with E-state index in [2.05, 4.69) is 6.92 Å².